The van der Waals surface area contributed by atoms with Gasteiger partial charge in [-0.2, -0.15) is 10.2 Å². The van der Waals surface area contributed by atoms with Crippen molar-refractivity contribution in [3.63, 3.8) is 0 Å². The fourth-order valence-corrected chi connectivity index (χ4v) is 2.86. The maximum atomic E-state index is 13.2. The van der Waals surface area contributed by atoms with Gasteiger partial charge in [0.2, 0.25) is 0 Å². The van der Waals surface area contributed by atoms with E-state index in [1.54, 1.807) is 16.8 Å². The lowest BCUT2D eigenvalue weighted by atomic mass is 10.2. The molecule has 2 heterocycles. The van der Waals surface area contributed by atoms with Gasteiger partial charge in [0.1, 0.15) is 11.5 Å². The number of hydrogen-bond acceptors (Lipinski definition) is 4. The molecule has 0 atom stereocenters. The minimum atomic E-state index is -0.976. The van der Waals surface area contributed by atoms with Crippen LogP contribution in [0.25, 0.3) is 0 Å². The summed E-state index contributed by atoms with van der Waals surface area (Å²) < 4.78 is 16.1. The number of halogens is 2. The first-order chi connectivity index (χ1) is 13.3. The van der Waals surface area contributed by atoms with Gasteiger partial charge in [0.25, 0.3) is 5.91 Å². The molecule has 8 nitrogen and oxygen atoms in total. The van der Waals surface area contributed by atoms with Crippen LogP contribution >= 0.6 is 11.6 Å². The molecule has 0 radical (unpaired) electrons. The van der Waals surface area contributed by atoms with Crippen LogP contribution in [0.4, 0.5) is 10.2 Å². The molecule has 1 aromatic carbocycles. The van der Waals surface area contributed by atoms with E-state index in [0.717, 1.165) is 5.69 Å². The topological polar surface area (TPSA) is 102 Å². The van der Waals surface area contributed by atoms with Crippen LogP contribution in [0.2, 0.25) is 5.02 Å². The molecule has 0 aliphatic heterocycles. The van der Waals surface area contributed by atoms with E-state index in [2.05, 4.69) is 15.5 Å². The van der Waals surface area contributed by atoms with Gasteiger partial charge in [0, 0.05) is 23.0 Å². The van der Waals surface area contributed by atoms with Crippen molar-refractivity contribution in [3.8, 4) is 0 Å². The van der Waals surface area contributed by atoms with Gasteiger partial charge in [-0.1, -0.05) is 17.7 Å². The predicted molar refractivity (Wildman–Crippen MR) is 99.9 cm³/mol. The van der Waals surface area contributed by atoms with Crippen molar-refractivity contribution < 1.29 is 19.1 Å². The Labute approximate surface area is 164 Å². The van der Waals surface area contributed by atoms with Crippen LogP contribution in [0.3, 0.4) is 0 Å². The van der Waals surface area contributed by atoms with Gasteiger partial charge < -0.3 is 10.4 Å². The summed E-state index contributed by atoms with van der Waals surface area (Å²) in [4.78, 5) is 23.2. The lowest BCUT2D eigenvalue weighted by molar-refractivity contribution is -0.137. The number of nitrogens with zero attached hydrogens (tertiary/aromatic N) is 4. The molecule has 2 aromatic heterocycles. The molecule has 0 saturated carbocycles. The van der Waals surface area contributed by atoms with Crippen LogP contribution < -0.4 is 5.32 Å². The Hall–Kier alpha value is -3.20. The molecule has 0 spiro atoms. The minimum absolute atomic E-state index is 0.0849. The largest absolute Gasteiger partial charge is 0.481 e. The van der Waals surface area contributed by atoms with Crippen LogP contribution in [0, 0.1) is 12.7 Å². The smallest absolute Gasteiger partial charge is 0.305 e. The SMILES string of the molecule is Cc1cc(NC(=O)c2ccnn2CCC(=O)O)nn1Cc1ccc(F)cc1Cl. The number of nitrogens with one attached hydrogen (secondary N) is 1. The van der Waals surface area contributed by atoms with Crippen molar-refractivity contribution in [2.24, 2.45) is 0 Å². The lowest BCUT2D eigenvalue weighted by Crippen LogP contribution is -2.19. The monoisotopic (exact) mass is 405 g/mol. The second kappa shape index (κ2) is 8.22. The number of aromatic nitrogens is 4. The van der Waals surface area contributed by atoms with Crippen molar-refractivity contribution in [3.05, 3.63) is 64.3 Å². The van der Waals surface area contributed by atoms with E-state index in [0.29, 0.717) is 22.9 Å². The van der Waals surface area contributed by atoms with E-state index in [-0.39, 0.29) is 18.7 Å². The van der Waals surface area contributed by atoms with Crippen LogP contribution in [0.15, 0.2) is 36.5 Å². The first-order valence-corrected chi connectivity index (χ1v) is 8.74. The Bertz CT molecular complexity index is 1030. The van der Waals surface area contributed by atoms with Crippen LogP contribution in [-0.4, -0.2) is 36.5 Å². The predicted octanol–water partition coefficient (Wildman–Crippen LogP) is 2.96. The Kier molecular flexibility index (Phi) is 5.74. The second-order valence-electron chi connectivity index (χ2n) is 6.10. The molecule has 10 heteroatoms. The van der Waals surface area contributed by atoms with E-state index in [1.807, 2.05) is 6.92 Å². The number of amides is 1. The van der Waals surface area contributed by atoms with Crippen molar-refractivity contribution in [2.45, 2.75) is 26.4 Å². The highest BCUT2D eigenvalue weighted by Gasteiger charge is 2.15. The second-order valence-corrected chi connectivity index (χ2v) is 6.51. The molecule has 0 bridgehead atoms. The summed E-state index contributed by atoms with van der Waals surface area (Å²) in [5.74, 6) is -1.52. The molecule has 3 aromatic rings. The van der Waals surface area contributed by atoms with E-state index >= 15 is 0 Å². The summed E-state index contributed by atoms with van der Waals surface area (Å²) in [7, 11) is 0. The Balaban J connectivity index is 1.72. The summed E-state index contributed by atoms with van der Waals surface area (Å²) in [6.45, 7) is 2.22. The number of rotatable bonds is 7. The molecule has 0 fully saturated rings. The standard InChI is InChI=1S/C18H17ClFN5O3/c1-11-8-16(23-25(11)10-12-2-3-13(20)9-14(12)19)22-18(28)15-4-6-21-24(15)7-5-17(26)27/h2-4,6,8-9H,5,7,10H2,1H3,(H,26,27)(H,22,23,28). The van der Waals surface area contributed by atoms with Crippen LogP contribution in [0.5, 0.6) is 0 Å². The number of carboxylic acid groups (broad SMARTS) is 1. The molecular weight excluding hydrogens is 389 g/mol. The average molecular weight is 406 g/mol. The third-order valence-corrected chi connectivity index (χ3v) is 4.40. The fourth-order valence-electron chi connectivity index (χ4n) is 2.63. The summed E-state index contributed by atoms with van der Waals surface area (Å²) in [6.07, 6.45) is 1.28. The molecular formula is C18H17ClFN5O3. The lowest BCUT2D eigenvalue weighted by Gasteiger charge is -2.07. The van der Waals surface area contributed by atoms with Crippen molar-refractivity contribution in [1.29, 1.82) is 0 Å². The van der Waals surface area contributed by atoms with Gasteiger partial charge in [-0.05, 0) is 30.7 Å². The highest BCUT2D eigenvalue weighted by molar-refractivity contribution is 6.31. The van der Waals surface area contributed by atoms with Gasteiger partial charge >= 0.3 is 5.97 Å². The number of carboxylic acids is 1. The molecule has 0 saturated heterocycles. The molecule has 0 unspecified atom stereocenters. The zero-order valence-electron chi connectivity index (χ0n) is 14.9. The number of anilines is 1. The van der Waals surface area contributed by atoms with Crippen molar-refractivity contribution in [1.82, 2.24) is 19.6 Å². The van der Waals surface area contributed by atoms with Gasteiger partial charge in [-0.25, -0.2) is 4.39 Å². The normalized spacial score (nSPS) is 10.8. The molecule has 1 amide bonds. The summed E-state index contributed by atoms with van der Waals surface area (Å²) >= 11 is 6.06. The van der Waals surface area contributed by atoms with Crippen LogP contribution in [0.1, 0.15) is 28.2 Å². The number of carbonyl (C=O) groups excluding carboxylic acids is 1. The highest BCUT2D eigenvalue weighted by Crippen LogP contribution is 2.20. The zero-order valence-corrected chi connectivity index (χ0v) is 15.6. The number of aryl methyl sites for hydroxylation is 2. The first-order valence-electron chi connectivity index (χ1n) is 8.37. The zero-order chi connectivity index (χ0) is 20.3. The Morgan fingerprint density at radius 3 is 2.75 bits per heavy atom. The quantitative estimate of drug-likeness (QED) is 0.629. The van der Waals surface area contributed by atoms with Gasteiger partial charge in [-0.15, -0.1) is 0 Å². The summed E-state index contributed by atoms with van der Waals surface area (Å²) in [6, 6.07) is 7.32. The van der Waals surface area contributed by atoms with Crippen molar-refractivity contribution in [2.75, 3.05) is 5.32 Å². The average Bonchev–Trinajstić information content (AvgIpc) is 3.22. The molecule has 0 aliphatic carbocycles. The highest BCUT2D eigenvalue weighted by atomic mass is 35.5. The third-order valence-electron chi connectivity index (χ3n) is 4.04. The van der Waals surface area contributed by atoms with Gasteiger partial charge in [0.15, 0.2) is 5.82 Å². The van der Waals surface area contributed by atoms with Crippen LogP contribution in [-0.2, 0) is 17.9 Å². The van der Waals surface area contributed by atoms with E-state index in [1.165, 1.54) is 29.1 Å². The molecule has 3 rings (SSSR count). The van der Waals surface area contributed by atoms with E-state index < -0.39 is 17.7 Å². The summed E-state index contributed by atoms with van der Waals surface area (Å²) in [5.41, 5.74) is 1.70. The molecule has 2 N–H and O–H groups in total. The number of hydrogen-bond donors (Lipinski definition) is 2. The van der Waals surface area contributed by atoms with Gasteiger partial charge in [0.05, 0.1) is 19.5 Å². The Morgan fingerprint density at radius 2 is 2.04 bits per heavy atom. The number of benzene rings is 1. The molecule has 0 aliphatic rings. The Morgan fingerprint density at radius 1 is 1.25 bits per heavy atom. The molecule has 146 valence electrons. The maximum Gasteiger partial charge on any atom is 0.305 e. The maximum absolute atomic E-state index is 13.2. The molecule has 28 heavy (non-hydrogen) atoms. The van der Waals surface area contributed by atoms with E-state index in [9.17, 15) is 14.0 Å². The third kappa shape index (κ3) is 4.55. The minimum Gasteiger partial charge on any atom is -0.481 e. The van der Waals surface area contributed by atoms with Gasteiger partial charge in [-0.3, -0.25) is 19.0 Å². The number of aliphatic carboxylic acids is 1. The summed E-state index contributed by atoms with van der Waals surface area (Å²) in [5, 5.41) is 20.0. The van der Waals surface area contributed by atoms with E-state index in [4.69, 9.17) is 16.7 Å². The fraction of sp³-hybridized carbons (Fsp3) is 0.222. The first kappa shape index (κ1) is 19.6. The van der Waals surface area contributed by atoms with Crippen molar-refractivity contribution >= 4 is 29.3 Å². The number of carbonyl (C=O) groups is 2.